The van der Waals surface area contributed by atoms with Gasteiger partial charge in [-0.1, -0.05) is 43.3 Å². The molecule has 0 fully saturated rings. The van der Waals surface area contributed by atoms with Gasteiger partial charge in [-0.3, -0.25) is 4.79 Å². The molecule has 4 heteroatoms. The first-order valence-corrected chi connectivity index (χ1v) is 8.60. The molecule has 1 atom stereocenters. The fraction of sp³-hybridized carbons (Fsp3) is 0.381. The third kappa shape index (κ3) is 5.82. The number of hydrogen-bond acceptors (Lipinski definition) is 3. The molecule has 1 amide bonds. The van der Waals surface area contributed by atoms with Crippen LogP contribution in [-0.4, -0.2) is 24.7 Å². The molecule has 0 saturated heterocycles. The Morgan fingerprint density at radius 1 is 1.08 bits per heavy atom. The number of ether oxygens (including phenoxy) is 2. The number of carbonyl (C=O) groups is 1. The number of rotatable bonds is 8. The van der Waals surface area contributed by atoms with Crippen molar-refractivity contribution in [2.24, 2.45) is 0 Å². The molecule has 25 heavy (non-hydrogen) atoms. The summed E-state index contributed by atoms with van der Waals surface area (Å²) in [7, 11) is 1.61. The number of nitrogens with one attached hydrogen (secondary N) is 1. The van der Waals surface area contributed by atoms with Crippen LogP contribution in [0.4, 0.5) is 0 Å². The van der Waals surface area contributed by atoms with Gasteiger partial charge in [0.2, 0.25) is 0 Å². The molecule has 0 aliphatic carbocycles. The Morgan fingerprint density at radius 2 is 1.76 bits per heavy atom. The summed E-state index contributed by atoms with van der Waals surface area (Å²) < 4.78 is 11.1. The Labute approximate surface area is 150 Å². The van der Waals surface area contributed by atoms with Gasteiger partial charge in [-0.05, 0) is 44.4 Å². The maximum atomic E-state index is 12.7. The van der Waals surface area contributed by atoms with E-state index in [4.69, 9.17) is 9.47 Å². The van der Waals surface area contributed by atoms with Gasteiger partial charge in [0.1, 0.15) is 11.5 Å². The van der Waals surface area contributed by atoms with Crippen molar-refractivity contribution in [3.05, 3.63) is 60.2 Å². The number of benzene rings is 2. The average molecular weight is 341 g/mol. The van der Waals surface area contributed by atoms with Crippen LogP contribution in [-0.2, 0) is 11.2 Å². The third-order valence-corrected chi connectivity index (χ3v) is 3.93. The second-order valence-electron chi connectivity index (χ2n) is 6.73. The maximum Gasteiger partial charge on any atom is 0.261 e. The van der Waals surface area contributed by atoms with Crippen molar-refractivity contribution in [2.75, 3.05) is 7.11 Å². The maximum absolute atomic E-state index is 12.7. The molecular formula is C21H27NO3. The largest absolute Gasteiger partial charge is 0.497 e. The molecule has 134 valence electrons. The topological polar surface area (TPSA) is 47.6 Å². The number of carbonyl (C=O) groups excluding carboxylic acids is 1. The molecule has 2 aromatic rings. The van der Waals surface area contributed by atoms with Crippen molar-refractivity contribution in [1.82, 2.24) is 5.32 Å². The van der Waals surface area contributed by atoms with Gasteiger partial charge in [0, 0.05) is 11.6 Å². The van der Waals surface area contributed by atoms with Crippen LogP contribution in [0.15, 0.2) is 54.6 Å². The number of amides is 1. The molecule has 0 aromatic heterocycles. The van der Waals surface area contributed by atoms with Gasteiger partial charge in [-0.2, -0.15) is 0 Å². The zero-order valence-corrected chi connectivity index (χ0v) is 15.4. The fourth-order valence-electron chi connectivity index (χ4n) is 2.73. The number of methoxy groups -OCH3 is 1. The van der Waals surface area contributed by atoms with Gasteiger partial charge in [-0.25, -0.2) is 0 Å². The molecule has 4 nitrogen and oxygen atoms in total. The third-order valence-electron chi connectivity index (χ3n) is 3.93. The quantitative estimate of drug-likeness (QED) is 0.790. The second kappa shape index (κ2) is 8.56. The fourth-order valence-corrected chi connectivity index (χ4v) is 2.73. The van der Waals surface area contributed by atoms with Crippen LogP contribution in [0.5, 0.6) is 11.5 Å². The van der Waals surface area contributed by atoms with Crippen molar-refractivity contribution in [1.29, 1.82) is 0 Å². The van der Waals surface area contributed by atoms with Crippen molar-refractivity contribution < 1.29 is 14.3 Å². The van der Waals surface area contributed by atoms with Crippen LogP contribution in [0.3, 0.4) is 0 Å². The van der Waals surface area contributed by atoms with Gasteiger partial charge in [0.15, 0.2) is 6.10 Å². The summed E-state index contributed by atoms with van der Waals surface area (Å²) in [6.07, 6.45) is 0.807. The molecule has 0 bridgehead atoms. The summed E-state index contributed by atoms with van der Waals surface area (Å²) in [4.78, 5) is 12.7. The van der Waals surface area contributed by atoms with E-state index in [0.717, 1.165) is 6.42 Å². The highest BCUT2D eigenvalue weighted by Crippen LogP contribution is 2.21. The monoisotopic (exact) mass is 341 g/mol. The Kier molecular flexibility index (Phi) is 6.45. The van der Waals surface area contributed by atoms with Crippen LogP contribution in [0, 0.1) is 0 Å². The molecule has 0 radical (unpaired) electrons. The van der Waals surface area contributed by atoms with Crippen molar-refractivity contribution in [3.63, 3.8) is 0 Å². The first kappa shape index (κ1) is 18.8. The molecule has 2 rings (SSSR count). The summed E-state index contributed by atoms with van der Waals surface area (Å²) in [6.45, 7) is 5.99. The summed E-state index contributed by atoms with van der Waals surface area (Å²) >= 11 is 0. The molecule has 1 N–H and O–H groups in total. The van der Waals surface area contributed by atoms with Gasteiger partial charge < -0.3 is 14.8 Å². The molecule has 0 heterocycles. The lowest BCUT2D eigenvalue weighted by atomic mass is 9.94. The van der Waals surface area contributed by atoms with E-state index in [9.17, 15) is 4.79 Å². The summed E-state index contributed by atoms with van der Waals surface area (Å²) in [6, 6.07) is 17.4. The molecular weight excluding hydrogens is 314 g/mol. The Bertz CT molecular complexity index is 683. The van der Waals surface area contributed by atoms with Gasteiger partial charge in [-0.15, -0.1) is 0 Å². The van der Waals surface area contributed by atoms with E-state index in [1.54, 1.807) is 13.2 Å². The van der Waals surface area contributed by atoms with Crippen molar-refractivity contribution in [2.45, 2.75) is 45.3 Å². The Balaban J connectivity index is 2.00. The lowest BCUT2D eigenvalue weighted by Crippen LogP contribution is -2.50. The standard InChI is InChI=1S/C21H27NO3/c1-5-19(25-18-13-9-12-17(14-18)24-4)20(23)22-21(2,3)15-16-10-7-6-8-11-16/h6-14,19H,5,15H2,1-4H3,(H,22,23)/t19-/m0/s1. The molecule has 0 aliphatic heterocycles. The zero-order chi connectivity index (χ0) is 18.3. The van der Waals surface area contributed by atoms with E-state index in [0.29, 0.717) is 17.9 Å². The Hall–Kier alpha value is -2.49. The minimum atomic E-state index is -0.540. The highest BCUT2D eigenvalue weighted by molar-refractivity contribution is 5.81. The lowest BCUT2D eigenvalue weighted by Gasteiger charge is -2.29. The van der Waals surface area contributed by atoms with Crippen LogP contribution in [0.25, 0.3) is 0 Å². The van der Waals surface area contributed by atoms with E-state index in [1.807, 2.05) is 57.2 Å². The summed E-state index contributed by atoms with van der Waals surface area (Å²) in [5.74, 6) is 1.23. The normalized spacial score (nSPS) is 12.3. The SMILES string of the molecule is CC[C@H](Oc1cccc(OC)c1)C(=O)NC(C)(C)Cc1ccccc1. The minimum Gasteiger partial charge on any atom is -0.497 e. The molecule has 0 unspecified atom stereocenters. The van der Waals surface area contributed by atoms with E-state index < -0.39 is 6.10 Å². The lowest BCUT2D eigenvalue weighted by molar-refractivity contribution is -0.129. The highest BCUT2D eigenvalue weighted by Gasteiger charge is 2.26. The first-order chi connectivity index (χ1) is 11.9. The predicted molar refractivity (Wildman–Crippen MR) is 100 cm³/mol. The van der Waals surface area contributed by atoms with Crippen LogP contribution < -0.4 is 14.8 Å². The predicted octanol–water partition coefficient (Wildman–Crippen LogP) is 3.99. The van der Waals surface area contributed by atoms with E-state index in [-0.39, 0.29) is 11.4 Å². The first-order valence-electron chi connectivity index (χ1n) is 8.60. The molecule has 0 aliphatic rings. The zero-order valence-electron chi connectivity index (χ0n) is 15.4. The molecule has 2 aromatic carbocycles. The Morgan fingerprint density at radius 3 is 2.40 bits per heavy atom. The van der Waals surface area contributed by atoms with Crippen LogP contribution in [0.1, 0.15) is 32.8 Å². The molecule has 0 spiro atoms. The highest BCUT2D eigenvalue weighted by atomic mass is 16.5. The average Bonchev–Trinajstić information content (AvgIpc) is 2.59. The van der Waals surface area contributed by atoms with Gasteiger partial charge >= 0.3 is 0 Å². The van der Waals surface area contributed by atoms with Gasteiger partial charge in [0.25, 0.3) is 5.91 Å². The minimum absolute atomic E-state index is 0.105. The van der Waals surface area contributed by atoms with Crippen LogP contribution in [0.2, 0.25) is 0 Å². The van der Waals surface area contributed by atoms with E-state index >= 15 is 0 Å². The smallest absolute Gasteiger partial charge is 0.261 e. The van der Waals surface area contributed by atoms with Gasteiger partial charge in [0.05, 0.1) is 7.11 Å². The summed E-state index contributed by atoms with van der Waals surface area (Å²) in [5.41, 5.74) is 0.832. The number of hydrogen-bond donors (Lipinski definition) is 1. The second-order valence-corrected chi connectivity index (χ2v) is 6.73. The summed E-state index contributed by atoms with van der Waals surface area (Å²) in [5, 5.41) is 3.11. The molecule has 0 saturated carbocycles. The van der Waals surface area contributed by atoms with Crippen molar-refractivity contribution in [3.8, 4) is 11.5 Å². The van der Waals surface area contributed by atoms with E-state index in [2.05, 4.69) is 17.4 Å². The van der Waals surface area contributed by atoms with E-state index in [1.165, 1.54) is 5.56 Å². The van der Waals surface area contributed by atoms with Crippen molar-refractivity contribution >= 4 is 5.91 Å². The van der Waals surface area contributed by atoms with Crippen LogP contribution >= 0.6 is 0 Å².